The van der Waals surface area contributed by atoms with Crippen LogP contribution in [0.1, 0.15) is 0 Å². The van der Waals surface area contributed by atoms with E-state index in [2.05, 4.69) is 4.99 Å². The van der Waals surface area contributed by atoms with E-state index in [4.69, 9.17) is 20.9 Å². The van der Waals surface area contributed by atoms with Gasteiger partial charge in [0.05, 0.1) is 26.4 Å². The SMILES string of the molecule is NC(N)=NCC1COCCO1. The van der Waals surface area contributed by atoms with E-state index in [1.165, 1.54) is 0 Å². The average molecular weight is 159 g/mol. The summed E-state index contributed by atoms with van der Waals surface area (Å²) in [6.07, 6.45) is 0.0193. The summed E-state index contributed by atoms with van der Waals surface area (Å²) >= 11 is 0. The number of hydrogen-bond donors (Lipinski definition) is 2. The molecule has 4 N–H and O–H groups in total. The number of nitrogens with two attached hydrogens (primary N) is 2. The Labute approximate surface area is 65.4 Å². The van der Waals surface area contributed by atoms with Gasteiger partial charge in [0.25, 0.3) is 0 Å². The first-order valence-corrected chi connectivity index (χ1v) is 3.54. The molecule has 0 radical (unpaired) electrons. The van der Waals surface area contributed by atoms with Crippen molar-refractivity contribution in [2.45, 2.75) is 6.10 Å². The normalized spacial score (nSPS) is 24.5. The highest BCUT2D eigenvalue weighted by Crippen LogP contribution is 2.00. The minimum absolute atomic E-state index is 0.0193. The molecule has 0 bridgehead atoms. The molecule has 0 aromatic heterocycles. The summed E-state index contributed by atoms with van der Waals surface area (Å²) in [4.78, 5) is 3.82. The smallest absolute Gasteiger partial charge is 0.186 e. The van der Waals surface area contributed by atoms with Crippen molar-refractivity contribution in [1.82, 2.24) is 0 Å². The van der Waals surface area contributed by atoms with Gasteiger partial charge in [0.15, 0.2) is 5.96 Å². The van der Waals surface area contributed by atoms with Crippen LogP contribution in [0.5, 0.6) is 0 Å². The topological polar surface area (TPSA) is 82.9 Å². The highest BCUT2D eigenvalue weighted by molar-refractivity contribution is 5.75. The standard InChI is InChI=1S/C6H13N3O2/c7-6(8)9-3-5-4-10-1-2-11-5/h5H,1-4H2,(H4,7,8,9). The van der Waals surface area contributed by atoms with Crippen LogP contribution in [0.2, 0.25) is 0 Å². The van der Waals surface area contributed by atoms with Crippen molar-refractivity contribution < 1.29 is 9.47 Å². The molecular weight excluding hydrogens is 146 g/mol. The van der Waals surface area contributed by atoms with Crippen LogP contribution >= 0.6 is 0 Å². The number of nitrogens with zero attached hydrogens (tertiary/aromatic N) is 1. The molecule has 1 atom stereocenters. The summed E-state index contributed by atoms with van der Waals surface area (Å²) in [5, 5.41) is 0. The Bertz CT molecular complexity index is 139. The van der Waals surface area contributed by atoms with Crippen molar-refractivity contribution in [2.24, 2.45) is 16.5 Å². The molecule has 0 aromatic rings. The number of guanidine groups is 1. The largest absolute Gasteiger partial charge is 0.376 e. The lowest BCUT2D eigenvalue weighted by Gasteiger charge is -2.21. The lowest BCUT2D eigenvalue weighted by molar-refractivity contribution is -0.0832. The van der Waals surface area contributed by atoms with Gasteiger partial charge in [-0.1, -0.05) is 0 Å². The molecule has 5 heteroatoms. The van der Waals surface area contributed by atoms with Crippen LogP contribution in [0, 0.1) is 0 Å². The molecule has 64 valence electrons. The van der Waals surface area contributed by atoms with Gasteiger partial charge in [-0.2, -0.15) is 0 Å². The number of aliphatic imine (C=N–C) groups is 1. The average Bonchev–Trinajstić information content (AvgIpc) is 2.03. The number of ether oxygens (including phenoxy) is 2. The molecule has 1 aliphatic heterocycles. The highest BCUT2D eigenvalue weighted by atomic mass is 16.6. The predicted octanol–water partition coefficient (Wildman–Crippen LogP) is -1.32. The fraction of sp³-hybridized carbons (Fsp3) is 0.833. The van der Waals surface area contributed by atoms with Gasteiger partial charge in [-0.3, -0.25) is 4.99 Å². The van der Waals surface area contributed by atoms with Gasteiger partial charge in [-0.05, 0) is 0 Å². The van der Waals surface area contributed by atoms with Crippen LogP contribution in [0.3, 0.4) is 0 Å². The van der Waals surface area contributed by atoms with Crippen LogP contribution in [0.25, 0.3) is 0 Å². The Morgan fingerprint density at radius 2 is 2.27 bits per heavy atom. The molecule has 0 spiro atoms. The van der Waals surface area contributed by atoms with Crippen LogP contribution in [-0.2, 0) is 9.47 Å². The first-order chi connectivity index (χ1) is 5.29. The summed E-state index contributed by atoms with van der Waals surface area (Å²) in [5.41, 5.74) is 10.3. The van der Waals surface area contributed by atoms with E-state index in [9.17, 15) is 0 Å². The lowest BCUT2D eigenvalue weighted by Crippen LogP contribution is -2.32. The summed E-state index contributed by atoms with van der Waals surface area (Å²) in [5.74, 6) is 0.0965. The number of rotatable bonds is 2. The Kier molecular flexibility index (Phi) is 3.13. The second-order valence-electron chi connectivity index (χ2n) is 2.33. The molecule has 5 nitrogen and oxygen atoms in total. The second kappa shape index (κ2) is 4.15. The third kappa shape index (κ3) is 3.20. The zero-order valence-corrected chi connectivity index (χ0v) is 6.32. The third-order valence-corrected chi connectivity index (χ3v) is 1.36. The van der Waals surface area contributed by atoms with Gasteiger partial charge in [-0.25, -0.2) is 0 Å². The van der Waals surface area contributed by atoms with E-state index in [0.29, 0.717) is 26.4 Å². The molecule has 1 heterocycles. The molecule has 1 unspecified atom stereocenters. The van der Waals surface area contributed by atoms with Gasteiger partial charge in [0.1, 0.15) is 6.10 Å². The minimum Gasteiger partial charge on any atom is -0.376 e. The minimum atomic E-state index is 0.0193. The molecule has 1 fully saturated rings. The molecule has 0 amide bonds. The molecular formula is C6H13N3O2. The number of hydrogen-bond acceptors (Lipinski definition) is 3. The molecule has 0 aromatic carbocycles. The molecule has 1 rings (SSSR count). The Balaban J connectivity index is 2.19. The molecule has 0 aliphatic carbocycles. The maximum Gasteiger partial charge on any atom is 0.186 e. The molecule has 1 saturated heterocycles. The Morgan fingerprint density at radius 1 is 1.45 bits per heavy atom. The van der Waals surface area contributed by atoms with Crippen molar-refractivity contribution in [1.29, 1.82) is 0 Å². The van der Waals surface area contributed by atoms with E-state index in [1.54, 1.807) is 0 Å². The third-order valence-electron chi connectivity index (χ3n) is 1.36. The van der Waals surface area contributed by atoms with Gasteiger partial charge >= 0.3 is 0 Å². The van der Waals surface area contributed by atoms with Gasteiger partial charge in [0, 0.05) is 0 Å². The van der Waals surface area contributed by atoms with Crippen molar-refractivity contribution in [2.75, 3.05) is 26.4 Å². The van der Waals surface area contributed by atoms with Crippen LogP contribution < -0.4 is 11.5 Å². The van der Waals surface area contributed by atoms with E-state index in [0.717, 1.165) is 0 Å². The van der Waals surface area contributed by atoms with Gasteiger partial charge < -0.3 is 20.9 Å². The zero-order chi connectivity index (χ0) is 8.10. The van der Waals surface area contributed by atoms with Crippen LogP contribution in [0.15, 0.2) is 4.99 Å². The molecule has 0 saturated carbocycles. The van der Waals surface area contributed by atoms with Gasteiger partial charge in [0.2, 0.25) is 0 Å². The fourth-order valence-corrected chi connectivity index (χ4v) is 0.849. The summed E-state index contributed by atoms with van der Waals surface area (Å²) < 4.78 is 10.4. The Morgan fingerprint density at radius 3 is 2.82 bits per heavy atom. The first kappa shape index (κ1) is 8.29. The predicted molar refractivity (Wildman–Crippen MR) is 41.2 cm³/mol. The second-order valence-corrected chi connectivity index (χ2v) is 2.33. The lowest BCUT2D eigenvalue weighted by atomic mass is 10.3. The van der Waals surface area contributed by atoms with Crippen molar-refractivity contribution in [3.8, 4) is 0 Å². The van der Waals surface area contributed by atoms with E-state index in [1.807, 2.05) is 0 Å². The highest BCUT2D eigenvalue weighted by Gasteiger charge is 2.12. The fourth-order valence-electron chi connectivity index (χ4n) is 0.849. The monoisotopic (exact) mass is 159 g/mol. The summed E-state index contributed by atoms with van der Waals surface area (Å²) in [7, 11) is 0. The molecule has 11 heavy (non-hydrogen) atoms. The maximum absolute atomic E-state index is 5.29. The quantitative estimate of drug-likeness (QED) is 0.386. The van der Waals surface area contributed by atoms with Crippen molar-refractivity contribution in [3.05, 3.63) is 0 Å². The van der Waals surface area contributed by atoms with Crippen LogP contribution in [0.4, 0.5) is 0 Å². The first-order valence-electron chi connectivity index (χ1n) is 3.54. The Hall–Kier alpha value is -0.810. The van der Waals surface area contributed by atoms with Crippen molar-refractivity contribution >= 4 is 5.96 Å². The zero-order valence-electron chi connectivity index (χ0n) is 6.32. The van der Waals surface area contributed by atoms with E-state index < -0.39 is 0 Å². The van der Waals surface area contributed by atoms with Gasteiger partial charge in [-0.15, -0.1) is 0 Å². The van der Waals surface area contributed by atoms with E-state index in [-0.39, 0.29) is 12.1 Å². The van der Waals surface area contributed by atoms with Crippen LogP contribution in [-0.4, -0.2) is 38.4 Å². The van der Waals surface area contributed by atoms with Crippen molar-refractivity contribution in [3.63, 3.8) is 0 Å². The summed E-state index contributed by atoms with van der Waals surface area (Å²) in [6, 6.07) is 0. The van der Waals surface area contributed by atoms with E-state index >= 15 is 0 Å². The molecule has 1 aliphatic rings. The summed E-state index contributed by atoms with van der Waals surface area (Å²) in [6.45, 7) is 2.36. The maximum atomic E-state index is 5.29.